The Morgan fingerprint density at radius 1 is 1.50 bits per heavy atom. The van der Waals surface area contributed by atoms with Crippen molar-refractivity contribution in [3.63, 3.8) is 0 Å². The molecule has 2 nitrogen and oxygen atoms in total. The number of aryl methyl sites for hydroxylation is 1. The molecule has 0 spiro atoms. The van der Waals surface area contributed by atoms with Crippen molar-refractivity contribution in [3.05, 3.63) is 34.5 Å². The Kier molecular flexibility index (Phi) is 1.76. The fourth-order valence-electron chi connectivity index (χ4n) is 0.681. The summed E-state index contributed by atoms with van der Waals surface area (Å²) >= 11 is 0. The summed E-state index contributed by atoms with van der Waals surface area (Å²) in [5.74, 6) is -0.430. The van der Waals surface area contributed by atoms with E-state index in [-0.39, 0.29) is 5.69 Å². The van der Waals surface area contributed by atoms with Crippen molar-refractivity contribution in [1.82, 2.24) is 0 Å². The first-order chi connectivity index (χ1) is 4.74. The number of hydrogen-bond acceptors (Lipinski definition) is 2. The van der Waals surface area contributed by atoms with E-state index in [1.807, 2.05) is 0 Å². The summed E-state index contributed by atoms with van der Waals surface area (Å²) in [6.07, 6.45) is 0. The molecule has 0 heterocycles. The van der Waals surface area contributed by atoms with Gasteiger partial charge in [0.2, 0.25) is 0 Å². The van der Waals surface area contributed by atoms with Crippen molar-refractivity contribution in [2.75, 3.05) is 0 Å². The van der Waals surface area contributed by atoms with Crippen molar-refractivity contribution < 1.29 is 4.39 Å². The molecular formula is C7H6FNO. The van der Waals surface area contributed by atoms with Crippen LogP contribution in [0.2, 0.25) is 0 Å². The van der Waals surface area contributed by atoms with Gasteiger partial charge in [0.25, 0.3) is 0 Å². The zero-order valence-electron chi connectivity index (χ0n) is 5.47. The minimum absolute atomic E-state index is 0.167. The normalized spacial score (nSPS) is 9.40. The van der Waals surface area contributed by atoms with E-state index < -0.39 is 5.82 Å². The van der Waals surface area contributed by atoms with Crippen LogP contribution in [0.4, 0.5) is 10.1 Å². The maximum atomic E-state index is 12.3. The molecule has 0 fully saturated rings. The molecule has 10 heavy (non-hydrogen) atoms. The molecule has 0 amide bonds. The number of hydrogen-bond donors (Lipinski definition) is 0. The molecule has 0 unspecified atom stereocenters. The van der Waals surface area contributed by atoms with Crippen molar-refractivity contribution >= 4 is 5.69 Å². The Labute approximate surface area is 57.7 Å². The first kappa shape index (κ1) is 6.86. The van der Waals surface area contributed by atoms with Gasteiger partial charge in [0.1, 0.15) is 11.5 Å². The van der Waals surface area contributed by atoms with Crippen LogP contribution in [-0.4, -0.2) is 0 Å². The Morgan fingerprint density at radius 3 is 2.70 bits per heavy atom. The minimum atomic E-state index is -0.430. The van der Waals surface area contributed by atoms with Gasteiger partial charge in [-0.2, -0.15) is 0 Å². The lowest BCUT2D eigenvalue weighted by atomic mass is 10.2. The number of rotatable bonds is 1. The largest absolute Gasteiger partial charge is 0.207 e. The summed E-state index contributed by atoms with van der Waals surface area (Å²) in [6, 6.07) is 3.93. The lowest BCUT2D eigenvalue weighted by Crippen LogP contribution is -1.75. The number of nitrogens with zero attached hydrogens (tertiary/aromatic N) is 1. The molecule has 0 bridgehead atoms. The van der Waals surface area contributed by atoms with Crippen LogP contribution in [0.3, 0.4) is 0 Å². The van der Waals surface area contributed by atoms with Crippen LogP contribution in [0.25, 0.3) is 0 Å². The lowest BCUT2D eigenvalue weighted by molar-refractivity contribution is 0.627. The van der Waals surface area contributed by atoms with Gasteiger partial charge in [-0.15, -0.1) is 4.91 Å². The van der Waals surface area contributed by atoms with Crippen LogP contribution in [-0.2, 0) is 0 Å². The van der Waals surface area contributed by atoms with E-state index in [2.05, 4.69) is 5.18 Å². The fourth-order valence-corrected chi connectivity index (χ4v) is 0.681. The molecule has 3 heteroatoms. The van der Waals surface area contributed by atoms with Crippen LogP contribution in [0.15, 0.2) is 23.4 Å². The van der Waals surface area contributed by atoms with Crippen LogP contribution >= 0.6 is 0 Å². The van der Waals surface area contributed by atoms with Gasteiger partial charge in [-0.1, -0.05) is 6.07 Å². The molecule has 0 saturated heterocycles. The third kappa shape index (κ3) is 1.18. The topological polar surface area (TPSA) is 29.4 Å². The van der Waals surface area contributed by atoms with Gasteiger partial charge >= 0.3 is 0 Å². The van der Waals surface area contributed by atoms with Crippen LogP contribution < -0.4 is 0 Å². The second-order valence-electron chi connectivity index (χ2n) is 2.02. The first-order valence-electron chi connectivity index (χ1n) is 2.83. The Balaban J connectivity index is 3.21. The van der Waals surface area contributed by atoms with Gasteiger partial charge in [0.05, 0.1) is 0 Å². The molecule has 0 aromatic heterocycles. The van der Waals surface area contributed by atoms with Crippen molar-refractivity contribution in [2.45, 2.75) is 6.92 Å². The molecule has 0 saturated carbocycles. The predicted octanol–water partition coefficient (Wildman–Crippen LogP) is 2.53. The Hall–Kier alpha value is -1.25. The molecule has 0 radical (unpaired) electrons. The average Bonchev–Trinajstić information content (AvgIpc) is 1.94. The standard InChI is InChI=1S/C7H6FNO/c1-5-2-3-6(8)4-7(5)9-10/h2-4H,1H3. The molecule has 0 atom stereocenters. The van der Waals surface area contributed by atoms with Crippen LogP contribution in [0.5, 0.6) is 0 Å². The molecule has 52 valence electrons. The summed E-state index contributed by atoms with van der Waals surface area (Å²) in [7, 11) is 0. The monoisotopic (exact) mass is 139 g/mol. The quantitative estimate of drug-likeness (QED) is 0.549. The third-order valence-corrected chi connectivity index (χ3v) is 1.27. The van der Waals surface area contributed by atoms with Crippen LogP contribution in [0, 0.1) is 17.6 Å². The third-order valence-electron chi connectivity index (χ3n) is 1.27. The van der Waals surface area contributed by atoms with E-state index in [4.69, 9.17) is 0 Å². The summed E-state index contributed by atoms with van der Waals surface area (Å²) in [5.41, 5.74) is 0.858. The highest BCUT2D eigenvalue weighted by atomic mass is 19.1. The second kappa shape index (κ2) is 2.56. The molecular weight excluding hydrogens is 133 g/mol. The van der Waals surface area contributed by atoms with E-state index >= 15 is 0 Å². The maximum absolute atomic E-state index is 12.3. The number of nitroso groups, excluding NO2 is 1. The SMILES string of the molecule is Cc1ccc(F)cc1N=O. The molecule has 1 rings (SSSR count). The molecule has 1 aromatic carbocycles. The zero-order chi connectivity index (χ0) is 7.56. The first-order valence-corrected chi connectivity index (χ1v) is 2.83. The molecule has 1 aromatic rings. The van der Waals surface area contributed by atoms with Gasteiger partial charge < -0.3 is 0 Å². The summed E-state index contributed by atoms with van der Waals surface area (Å²) in [5, 5.41) is 2.64. The summed E-state index contributed by atoms with van der Waals surface area (Å²) in [4.78, 5) is 9.96. The van der Waals surface area contributed by atoms with Crippen molar-refractivity contribution in [3.8, 4) is 0 Å². The predicted molar refractivity (Wildman–Crippen MR) is 36.6 cm³/mol. The van der Waals surface area contributed by atoms with Crippen molar-refractivity contribution in [2.24, 2.45) is 5.18 Å². The highest BCUT2D eigenvalue weighted by molar-refractivity contribution is 5.44. The van der Waals surface area contributed by atoms with Gasteiger partial charge in [0, 0.05) is 6.07 Å². The highest BCUT2D eigenvalue weighted by Crippen LogP contribution is 2.18. The van der Waals surface area contributed by atoms with Crippen molar-refractivity contribution in [1.29, 1.82) is 0 Å². The maximum Gasteiger partial charge on any atom is 0.125 e. The molecule has 0 aliphatic carbocycles. The summed E-state index contributed by atoms with van der Waals surface area (Å²) < 4.78 is 12.3. The van der Waals surface area contributed by atoms with E-state index in [1.165, 1.54) is 12.1 Å². The number of halogens is 1. The highest BCUT2D eigenvalue weighted by Gasteiger charge is 1.97. The van der Waals surface area contributed by atoms with Gasteiger partial charge in [-0.3, -0.25) is 0 Å². The number of benzene rings is 1. The van der Waals surface area contributed by atoms with Crippen LogP contribution in [0.1, 0.15) is 5.56 Å². The Bertz CT molecular complexity index is 260. The molecule has 0 aliphatic rings. The lowest BCUT2D eigenvalue weighted by Gasteiger charge is -1.93. The van der Waals surface area contributed by atoms with E-state index in [0.29, 0.717) is 5.56 Å². The fraction of sp³-hybridized carbons (Fsp3) is 0.143. The van der Waals surface area contributed by atoms with Gasteiger partial charge in [0.15, 0.2) is 0 Å². The molecule has 0 aliphatic heterocycles. The van der Waals surface area contributed by atoms with E-state index in [0.717, 1.165) is 6.07 Å². The average molecular weight is 139 g/mol. The molecule has 0 N–H and O–H groups in total. The van der Waals surface area contributed by atoms with E-state index in [9.17, 15) is 9.30 Å². The second-order valence-corrected chi connectivity index (χ2v) is 2.02. The van der Waals surface area contributed by atoms with Gasteiger partial charge in [-0.05, 0) is 23.7 Å². The van der Waals surface area contributed by atoms with E-state index in [1.54, 1.807) is 6.92 Å². The zero-order valence-corrected chi connectivity index (χ0v) is 5.47. The van der Waals surface area contributed by atoms with Gasteiger partial charge in [-0.25, -0.2) is 4.39 Å². The summed E-state index contributed by atoms with van der Waals surface area (Å²) in [6.45, 7) is 1.70. The smallest absolute Gasteiger partial charge is 0.125 e. The Morgan fingerprint density at radius 2 is 2.20 bits per heavy atom. The minimum Gasteiger partial charge on any atom is -0.207 e.